The Balaban J connectivity index is 2.27. The van der Waals surface area contributed by atoms with Crippen LogP contribution in [-0.4, -0.2) is 23.2 Å². The fourth-order valence-electron chi connectivity index (χ4n) is 0.888. The van der Waals surface area contributed by atoms with Crippen molar-refractivity contribution < 1.29 is 4.79 Å². The molecule has 2 aliphatic heterocycles. The summed E-state index contributed by atoms with van der Waals surface area (Å²) in [6.07, 6.45) is 3.32. The lowest BCUT2D eigenvalue weighted by atomic mass is 10.4. The Bertz CT molecular complexity index is 305. The maximum atomic E-state index is 10.7. The Labute approximate surface area is 67.3 Å². The van der Waals surface area contributed by atoms with Gasteiger partial charge >= 0.3 is 0 Å². The Kier molecular flexibility index (Phi) is 1.32. The molecule has 5 heteroatoms. The normalized spacial score (nSPS) is 26.4. The molecule has 2 rings (SSSR count). The van der Waals surface area contributed by atoms with E-state index in [2.05, 4.69) is 9.98 Å². The zero-order valence-corrected chi connectivity index (χ0v) is 6.34. The minimum absolute atomic E-state index is 0.397. The maximum absolute atomic E-state index is 10.7. The third-order valence-corrected chi connectivity index (χ3v) is 2.51. The highest BCUT2D eigenvalue weighted by atomic mass is 32.2. The second-order valence-corrected chi connectivity index (χ2v) is 3.28. The van der Waals surface area contributed by atoms with Gasteiger partial charge < -0.3 is 5.73 Å². The van der Waals surface area contributed by atoms with Crippen LogP contribution in [0.15, 0.2) is 21.1 Å². The predicted octanol–water partition coefficient (Wildman–Crippen LogP) is -0.0886. The number of rotatable bonds is 1. The summed E-state index contributed by atoms with van der Waals surface area (Å²) < 4.78 is 0. The molecule has 4 nitrogen and oxygen atoms in total. The zero-order valence-electron chi connectivity index (χ0n) is 5.52. The van der Waals surface area contributed by atoms with Crippen molar-refractivity contribution in [1.29, 1.82) is 0 Å². The van der Waals surface area contributed by atoms with E-state index < -0.39 is 11.3 Å². The molecular formula is C6H5N3OS. The van der Waals surface area contributed by atoms with Crippen molar-refractivity contribution in [2.75, 3.05) is 0 Å². The van der Waals surface area contributed by atoms with Gasteiger partial charge in [0.15, 0.2) is 5.37 Å². The molecule has 0 aromatic heterocycles. The lowest BCUT2D eigenvalue weighted by Crippen LogP contribution is -2.22. The molecule has 0 aliphatic carbocycles. The predicted molar refractivity (Wildman–Crippen MR) is 44.6 cm³/mol. The molecule has 2 N–H and O–H groups in total. The topological polar surface area (TPSA) is 67.8 Å². The molecule has 0 saturated carbocycles. The summed E-state index contributed by atoms with van der Waals surface area (Å²) in [6, 6.07) is 0. The van der Waals surface area contributed by atoms with E-state index in [4.69, 9.17) is 5.73 Å². The number of hydrogen-bond acceptors (Lipinski definition) is 4. The van der Waals surface area contributed by atoms with Gasteiger partial charge in [-0.1, -0.05) is 11.8 Å². The molecule has 0 fully saturated rings. The largest absolute Gasteiger partial charge is 0.367 e. The number of aliphatic imine (C=N–C) groups is 2. The number of hydrogen-bond donors (Lipinski definition) is 1. The average molecular weight is 167 g/mol. The summed E-state index contributed by atoms with van der Waals surface area (Å²) in [5.41, 5.74) is 5.84. The first-order chi connectivity index (χ1) is 5.27. The highest BCUT2D eigenvalue weighted by Gasteiger charge is 2.27. The van der Waals surface area contributed by atoms with Gasteiger partial charge in [0.2, 0.25) is 0 Å². The minimum Gasteiger partial charge on any atom is -0.367 e. The van der Waals surface area contributed by atoms with Crippen LogP contribution in [0.5, 0.6) is 0 Å². The molecule has 1 atom stereocenters. The summed E-state index contributed by atoms with van der Waals surface area (Å²) in [5, 5.41) is -0.442. The van der Waals surface area contributed by atoms with Gasteiger partial charge in [0, 0.05) is 6.20 Å². The number of nitrogens with zero attached hydrogens (tertiary/aromatic N) is 2. The van der Waals surface area contributed by atoms with Crippen LogP contribution >= 0.6 is 11.8 Å². The lowest BCUT2D eigenvalue weighted by Gasteiger charge is -1.96. The van der Waals surface area contributed by atoms with Crippen molar-refractivity contribution in [1.82, 2.24) is 0 Å². The minimum atomic E-state index is -0.442. The van der Waals surface area contributed by atoms with Gasteiger partial charge in [-0.25, -0.2) is 0 Å². The van der Waals surface area contributed by atoms with Crippen molar-refractivity contribution >= 4 is 29.6 Å². The van der Waals surface area contributed by atoms with Crippen LogP contribution < -0.4 is 5.73 Å². The molecule has 0 spiro atoms. The van der Waals surface area contributed by atoms with Crippen molar-refractivity contribution in [3.05, 3.63) is 11.1 Å². The fraction of sp³-hybridized carbons (Fsp3) is 0.167. The van der Waals surface area contributed by atoms with E-state index in [1.807, 2.05) is 0 Å². The molecule has 1 unspecified atom stereocenters. The highest BCUT2D eigenvalue weighted by molar-refractivity contribution is 8.05. The number of carbonyl (C=O) groups is 1. The van der Waals surface area contributed by atoms with Gasteiger partial charge in [0.05, 0.1) is 16.8 Å². The molecule has 1 amide bonds. The number of allylic oxidation sites excluding steroid dienone is 1. The third-order valence-electron chi connectivity index (χ3n) is 1.38. The van der Waals surface area contributed by atoms with Crippen LogP contribution in [0.3, 0.4) is 0 Å². The van der Waals surface area contributed by atoms with Crippen LogP contribution in [0.1, 0.15) is 0 Å². The van der Waals surface area contributed by atoms with Gasteiger partial charge in [0.1, 0.15) is 0 Å². The van der Waals surface area contributed by atoms with Gasteiger partial charge in [-0.15, -0.1) is 0 Å². The van der Waals surface area contributed by atoms with Gasteiger partial charge in [-0.3, -0.25) is 14.8 Å². The first-order valence-corrected chi connectivity index (χ1v) is 3.93. The van der Waals surface area contributed by atoms with E-state index in [1.165, 1.54) is 11.8 Å². The second kappa shape index (κ2) is 2.20. The molecule has 56 valence electrons. The van der Waals surface area contributed by atoms with Crippen LogP contribution in [0, 0.1) is 0 Å². The molecular weight excluding hydrogens is 162 g/mol. The first kappa shape index (κ1) is 6.60. The number of carbonyl (C=O) groups excluding carboxylic acids is 1. The molecule has 2 aliphatic rings. The molecule has 0 aromatic rings. The summed E-state index contributed by atoms with van der Waals surface area (Å²) >= 11 is 1.35. The monoisotopic (exact) mass is 167 g/mol. The number of primary amides is 1. The number of amides is 1. The Hall–Kier alpha value is -1.10. The zero-order chi connectivity index (χ0) is 7.84. The molecule has 11 heavy (non-hydrogen) atoms. The highest BCUT2D eigenvalue weighted by Crippen LogP contribution is 2.32. The van der Waals surface area contributed by atoms with Crippen LogP contribution in [0.25, 0.3) is 0 Å². The molecule has 0 radical (unpaired) electrons. The number of nitrogens with two attached hydrogens (primary N) is 1. The fourth-order valence-corrected chi connectivity index (χ4v) is 1.76. The third kappa shape index (κ3) is 0.970. The second-order valence-electron chi connectivity index (χ2n) is 2.16. The molecule has 0 saturated heterocycles. The smallest absolute Gasteiger partial charge is 0.252 e. The first-order valence-electron chi connectivity index (χ1n) is 3.05. The van der Waals surface area contributed by atoms with Gasteiger partial charge in [-0.2, -0.15) is 0 Å². The molecule has 2 heterocycles. The van der Waals surface area contributed by atoms with Crippen molar-refractivity contribution in [3.8, 4) is 0 Å². The van der Waals surface area contributed by atoms with E-state index in [9.17, 15) is 4.79 Å². The standard InChI is InChI=1S/C6H5N3OS/c7-5(10)6-9-3-1-8-2-4(3)11-6/h1-2,6H,(H2,7,10). The number of fused-ring (bicyclic) bond motifs is 1. The van der Waals surface area contributed by atoms with Crippen molar-refractivity contribution in [2.45, 2.75) is 5.37 Å². The van der Waals surface area contributed by atoms with Crippen molar-refractivity contribution in [2.24, 2.45) is 15.7 Å². The Morgan fingerprint density at radius 2 is 2.55 bits per heavy atom. The Morgan fingerprint density at radius 3 is 3.18 bits per heavy atom. The van der Waals surface area contributed by atoms with Gasteiger partial charge in [-0.05, 0) is 0 Å². The Morgan fingerprint density at radius 1 is 1.73 bits per heavy atom. The van der Waals surface area contributed by atoms with Crippen molar-refractivity contribution in [3.63, 3.8) is 0 Å². The summed E-state index contributed by atoms with van der Waals surface area (Å²) in [4.78, 5) is 19.5. The SMILES string of the molecule is NC(=O)C1N=C2C=NC=C2S1. The maximum Gasteiger partial charge on any atom is 0.252 e. The van der Waals surface area contributed by atoms with Crippen LogP contribution in [0.2, 0.25) is 0 Å². The summed E-state index contributed by atoms with van der Waals surface area (Å²) in [7, 11) is 0. The molecule has 0 aromatic carbocycles. The lowest BCUT2D eigenvalue weighted by molar-refractivity contribution is -0.117. The number of thioether (sulfide) groups is 1. The summed E-state index contributed by atoms with van der Waals surface area (Å²) in [6.45, 7) is 0. The average Bonchev–Trinajstić information content (AvgIpc) is 2.40. The van der Waals surface area contributed by atoms with E-state index in [1.54, 1.807) is 12.4 Å². The van der Waals surface area contributed by atoms with Crippen LogP contribution in [0.4, 0.5) is 0 Å². The molecule has 0 bridgehead atoms. The van der Waals surface area contributed by atoms with E-state index in [0.29, 0.717) is 0 Å². The van der Waals surface area contributed by atoms with Gasteiger partial charge in [0.25, 0.3) is 5.91 Å². The van der Waals surface area contributed by atoms with E-state index in [-0.39, 0.29) is 0 Å². The summed E-state index contributed by atoms with van der Waals surface area (Å²) in [5.74, 6) is -0.397. The quantitative estimate of drug-likeness (QED) is 0.593. The van der Waals surface area contributed by atoms with Crippen LogP contribution in [-0.2, 0) is 4.79 Å². The van der Waals surface area contributed by atoms with E-state index >= 15 is 0 Å². The van der Waals surface area contributed by atoms with E-state index in [0.717, 1.165) is 10.6 Å².